The highest BCUT2D eigenvalue weighted by Gasteiger charge is 2.11. The number of hydrogen-bond donors (Lipinski definition) is 2. The second kappa shape index (κ2) is 6.05. The largest absolute Gasteiger partial charge is 0.399 e. The fourth-order valence-corrected chi connectivity index (χ4v) is 1.85. The first kappa shape index (κ1) is 14.0. The molecule has 0 saturated carbocycles. The second-order valence-electron chi connectivity index (χ2n) is 4.70. The van der Waals surface area contributed by atoms with E-state index in [9.17, 15) is 4.79 Å². The number of carbonyl (C=O) groups excluding carboxylic acids is 1. The quantitative estimate of drug-likeness (QED) is 0.840. The number of nitrogens with two attached hydrogens (primary N) is 1. The first-order valence-electron chi connectivity index (χ1n) is 5.74. The summed E-state index contributed by atoms with van der Waals surface area (Å²) in [5, 5.41) is 2.92. The van der Waals surface area contributed by atoms with E-state index >= 15 is 0 Å². The van der Waals surface area contributed by atoms with E-state index in [0.717, 1.165) is 4.47 Å². The van der Waals surface area contributed by atoms with Crippen molar-refractivity contribution in [3.63, 3.8) is 0 Å². The molecule has 1 aromatic carbocycles. The molecule has 94 valence electrons. The van der Waals surface area contributed by atoms with E-state index in [-0.39, 0.29) is 5.91 Å². The third-order valence-corrected chi connectivity index (χ3v) is 3.36. The minimum Gasteiger partial charge on any atom is -0.399 e. The Labute approximate surface area is 111 Å². The van der Waals surface area contributed by atoms with Gasteiger partial charge in [-0.25, -0.2) is 0 Å². The normalized spacial score (nSPS) is 12.5. The maximum Gasteiger partial charge on any atom is 0.251 e. The van der Waals surface area contributed by atoms with Gasteiger partial charge in [0.2, 0.25) is 0 Å². The van der Waals surface area contributed by atoms with Crippen LogP contribution in [0.25, 0.3) is 0 Å². The molecule has 0 aliphatic rings. The number of nitrogens with one attached hydrogen (secondary N) is 1. The van der Waals surface area contributed by atoms with Crippen LogP contribution in [-0.4, -0.2) is 12.5 Å². The van der Waals surface area contributed by atoms with Gasteiger partial charge in [-0.1, -0.05) is 36.7 Å². The van der Waals surface area contributed by atoms with Crippen LogP contribution in [0.1, 0.15) is 31.1 Å². The number of anilines is 1. The van der Waals surface area contributed by atoms with Gasteiger partial charge in [-0.05, 0) is 30.0 Å². The molecular weight excluding hydrogens is 280 g/mol. The van der Waals surface area contributed by atoms with E-state index in [2.05, 4.69) is 42.0 Å². The highest BCUT2D eigenvalue weighted by molar-refractivity contribution is 9.10. The molecule has 0 bridgehead atoms. The van der Waals surface area contributed by atoms with Gasteiger partial charge < -0.3 is 11.1 Å². The maximum absolute atomic E-state index is 11.9. The molecule has 1 atom stereocenters. The number of amides is 1. The molecule has 0 saturated heterocycles. The lowest BCUT2D eigenvalue weighted by atomic mass is 9.98. The molecule has 0 aromatic heterocycles. The SMILES string of the molecule is CC(C)C(C)CNC(=O)c1cc(N)cc(Br)c1. The van der Waals surface area contributed by atoms with Crippen molar-refractivity contribution in [2.45, 2.75) is 20.8 Å². The molecule has 0 spiro atoms. The Kier molecular flexibility index (Phi) is 5.00. The monoisotopic (exact) mass is 298 g/mol. The van der Waals surface area contributed by atoms with Crippen LogP contribution in [0.5, 0.6) is 0 Å². The summed E-state index contributed by atoms with van der Waals surface area (Å²) in [6.07, 6.45) is 0. The number of rotatable bonds is 4. The van der Waals surface area contributed by atoms with Crippen LogP contribution in [0.15, 0.2) is 22.7 Å². The van der Waals surface area contributed by atoms with Gasteiger partial charge in [0, 0.05) is 22.3 Å². The van der Waals surface area contributed by atoms with Crippen molar-refractivity contribution in [1.82, 2.24) is 5.32 Å². The Hall–Kier alpha value is -1.03. The maximum atomic E-state index is 11.9. The summed E-state index contributed by atoms with van der Waals surface area (Å²) in [5.41, 5.74) is 6.87. The van der Waals surface area contributed by atoms with Gasteiger partial charge in [-0.15, -0.1) is 0 Å². The molecule has 0 aliphatic carbocycles. The minimum absolute atomic E-state index is 0.0782. The van der Waals surface area contributed by atoms with E-state index < -0.39 is 0 Å². The Balaban J connectivity index is 2.64. The number of nitrogen functional groups attached to an aromatic ring is 1. The summed E-state index contributed by atoms with van der Waals surface area (Å²) < 4.78 is 0.819. The lowest BCUT2D eigenvalue weighted by Gasteiger charge is -2.16. The lowest BCUT2D eigenvalue weighted by molar-refractivity contribution is 0.0945. The van der Waals surface area contributed by atoms with Crippen LogP contribution in [0, 0.1) is 11.8 Å². The average Bonchev–Trinajstić information content (AvgIpc) is 2.23. The number of carbonyl (C=O) groups is 1. The van der Waals surface area contributed by atoms with Crippen molar-refractivity contribution in [2.24, 2.45) is 11.8 Å². The molecule has 1 unspecified atom stereocenters. The van der Waals surface area contributed by atoms with Gasteiger partial charge in [-0.3, -0.25) is 4.79 Å². The molecule has 17 heavy (non-hydrogen) atoms. The predicted octanol–water partition coefficient (Wildman–Crippen LogP) is 3.05. The number of halogens is 1. The summed E-state index contributed by atoms with van der Waals surface area (Å²) in [7, 11) is 0. The van der Waals surface area contributed by atoms with Gasteiger partial charge in [0.15, 0.2) is 0 Å². The van der Waals surface area contributed by atoms with Crippen LogP contribution >= 0.6 is 15.9 Å². The summed E-state index contributed by atoms with van der Waals surface area (Å²) >= 11 is 3.32. The summed E-state index contributed by atoms with van der Waals surface area (Å²) in [5.74, 6) is 0.942. The van der Waals surface area contributed by atoms with Gasteiger partial charge >= 0.3 is 0 Å². The van der Waals surface area contributed by atoms with Crippen molar-refractivity contribution in [3.05, 3.63) is 28.2 Å². The fraction of sp³-hybridized carbons (Fsp3) is 0.462. The molecule has 0 aliphatic heterocycles. The van der Waals surface area contributed by atoms with Gasteiger partial charge in [0.05, 0.1) is 0 Å². The third kappa shape index (κ3) is 4.38. The molecule has 3 nitrogen and oxygen atoms in total. The van der Waals surface area contributed by atoms with Crippen molar-refractivity contribution < 1.29 is 4.79 Å². The second-order valence-corrected chi connectivity index (χ2v) is 5.62. The van der Waals surface area contributed by atoms with Gasteiger partial charge in [0.1, 0.15) is 0 Å². The standard InChI is InChI=1S/C13H19BrN2O/c1-8(2)9(3)7-16-13(17)10-4-11(14)6-12(15)5-10/h4-6,8-9H,7,15H2,1-3H3,(H,16,17). The summed E-state index contributed by atoms with van der Waals surface area (Å²) in [6, 6.07) is 5.22. The van der Waals surface area contributed by atoms with Crippen LogP contribution in [0.2, 0.25) is 0 Å². The van der Waals surface area contributed by atoms with Crippen molar-refractivity contribution in [3.8, 4) is 0 Å². The molecule has 0 fully saturated rings. The van der Waals surface area contributed by atoms with E-state index in [1.807, 2.05) is 0 Å². The molecule has 1 rings (SSSR count). The Morgan fingerprint density at radius 1 is 1.35 bits per heavy atom. The van der Waals surface area contributed by atoms with Crippen LogP contribution in [-0.2, 0) is 0 Å². The molecule has 0 radical (unpaired) electrons. The minimum atomic E-state index is -0.0782. The van der Waals surface area contributed by atoms with Crippen molar-refractivity contribution in [2.75, 3.05) is 12.3 Å². The van der Waals surface area contributed by atoms with Crippen LogP contribution in [0.3, 0.4) is 0 Å². The summed E-state index contributed by atoms with van der Waals surface area (Å²) in [4.78, 5) is 11.9. The zero-order valence-electron chi connectivity index (χ0n) is 10.5. The zero-order valence-corrected chi connectivity index (χ0v) is 12.0. The third-order valence-electron chi connectivity index (χ3n) is 2.90. The smallest absolute Gasteiger partial charge is 0.251 e. The highest BCUT2D eigenvalue weighted by Crippen LogP contribution is 2.17. The van der Waals surface area contributed by atoms with Crippen molar-refractivity contribution in [1.29, 1.82) is 0 Å². The van der Waals surface area contributed by atoms with E-state index in [1.165, 1.54) is 0 Å². The van der Waals surface area contributed by atoms with E-state index in [4.69, 9.17) is 5.73 Å². The summed E-state index contributed by atoms with van der Waals surface area (Å²) in [6.45, 7) is 7.10. The van der Waals surface area contributed by atoms with Crippen molar-refractivity contribution >= 4 is 27.5 Å². The fourth-order valence-electron chi connectivity index (χ4n) is 1.33. The van der Waals surface area contributed by atoms with Gasteiger partial charge in [-0.2, -0.15) is 0 Å². The Morgan fingerprint density at radius 2 is 2.00 bits per heavy atom. The molecule has 1 aromatic rings. The van der Waals surface area contributed by atoms with Crippen LogP contribution in [0.4, 0.5) is 5.69 Å². The molecule has 1 amide bonds. The number of hydrogen-bond acceptors (Lipinski definition) is 2. The molecule has 3 N–H and O–H groups in total. The van der Waals surface area contributed by atoms with E-state index in [1.54, 1.807) is 18.2 Å². The first-order chi connectivity index (χ1) is 7.90. The Morgan fingerprint density at radius 3 is 2.53 bits per heavy atom. The molecule has 0 heterocycles. The number of benzene rings is 1. The lowest BCUT2D eigenvalue weighted by Crippen LogP contribution is -2.30. The predicted molar refractivity (Wildman–Crippen MR) is 74.9 cm³/mol. The van der Waals surface area contributed by atoms with E-state index in [0.29, 0.717) is 29.6 Å². The van der Waals surface area contributed by atoms with Crippen LogP contribution < -0.4 is 11.1 Å². The zero-order chi connectivity index (χ0) is 13.0. The molecular formula is C13H19BrN2O. The topological polar surface area (TPSA) is 55.1 Å². The molecule has 4 heteroatoms. The van der Waals surface area contributed by atoms with Gasteiger partial charge in [0.25, 0.3) is 5.91 Å². The Bertz CT molecular complexity index is 384. The highest BCUT2D eigenvalue weighted by atomic mass is 79.9. The first-order valence-corrected chi connectivity index (χ1v) is 6.53. The average molecular weight is 299 g/mol.